The van der Waals surface area contributed by atoms with E-state index in [4.69, 9.17) is 0 Å². The molecule has 0 aliphatic heterocycles. The first kappa shape index (κ1) is 17.4. The fourth-order valence-electron chi connectivity index (χ4n) is 2.91. The highest BCUT2D eigenvalue weighted by Crippen LogP contribution is 2.17. The third kappa shape index (κ3) is 3.33. The van der Waals surface area contributed by atoms with E-state index in [1.54, 1.807) is 4.57 Å². The number of nitrogens with zero attached hydrogens (tertiary/aromatic N) is 3. The van der Waals surface area contributed by atoms with E-state index in [-0.39, 0.29) is 10.9 Å². The van der Waals surface area contributed by atoms with Gasteiger partial charge in [-0.1, -0.05) is 48.5 Å². The van der Waals surface area contributed by atoms with E-state index in [1.165, 1.54) is 12.4 Å². The summed E-state index contributed by atoms with van der Waals surface area (Å²) in [6.45, 7) is 0.523. The van der Waals surface area contributed by atoms with Crippen LogP contribution in [0.3, 0.4) is 0 Å². The Morgan fingerprint density at radius 2 is 1.71 bits per heavy atom. The van der Waals surface area contributed by atoms with E-state index >= 15 is 0 Å². The normalized spacial score (nSPS) is 10.7. The van der Waals surface area contributed by atoms with Crippen molar-refractivity contribution >= 4 is 23.0 Å². The molecule has 138 valence electrons. The molecule has 4 rings (SSSR count). The van der Waals surface area contributed by atoms with Crippen LogP contribution in [0, 0.1) is 0 Å². The lowest BCUT2D eigenvalue weighted by molar-refractivity contribution is 0.0695. The smallest absolute Gasteiger partial charge is 0.341 e. The van der Waals surface area contributed by atoms with Crippen molar-refractivity contribution < 1.29 is 9.90 Å². The molecular formula is C21H16N4O3. The first-order chi connectivity index (χ1) is 13.6. The van der Waals surface area contributed by atoms with Gasteiger partial charge in [-0.15, -0.1) is 0 Å². The SMILES string of the molecule is O=C(O)c1cn(-c2ccccc2)c2nc(NCc3ccccc3)ncc2c1=O. The molecule has 0 unspecified atom stereocenters. The van der Waals surface area contributed by atoms with E-state index in [1.807, 2.05) is 60.7 Å². The Balaban J connectivity index is 1.83. The van der Waals surface area contributed by atoms with Gasteiger partial charge >= 0.3 is 5.97 Å². The Labute approximate surface area is 159 Å². The second-order valence-corrected chi connectivity index (χ2v) is 6.15. The minimum Gasteiger partial charge on any atom is -0.477 e. The van der Waals surface area contributed by atoms with E-state index in [2.05, 4.69) is 15.3 Å². The molecule has 0 bridgehead atoms. The topological polar surface area (TPSA) is 97.1 Å². The number of para-hydroxylation sites is 1. The van der Waals surface area contributed by atoms with Gasteiger partial charge in [-0.25, -0.2) is 9.78 Å². The molecule has 2 aromatic carbocycles. The minimum absolute atomic E-state index is 0.147. The van der Waals surface area contributed by atoms with Crippen LogP contribution in [0.5, 0.6) is 0 Å². The Kier molecular flexibility index (Phi) is 4.55. The summed E-state index contributed by atoms with van der Waals surface area (Å²) >= 11 is 0. The lowest BCUT2D eigenvalue weighted by atomic mass is 10.2. The van der Waals surface area contributed by atoms with E-state index in [0.717, 1.165) is 5.56 Å². The molecule has 0 fully saturated rings. The monoisotopic (exact) mass is 372 g/mol. The summed E-state index contributed by atoms with van der Waals surface area (Å²) in [5.74, 6) is -0.939. The Morgan fingerprint density at radius 3 is 2.39 bits per heavy atom. The van der Waals surface area contributed by atoms with Crippen molar-refractivity contribution in [3.05, 3.63) is 94.4 Å². The van der Waals surface area contributed by atoms with Crippen molar-refractivity contribution in [3.8, 4) is 5.69 Å². The molecule has 2 N–H and O–H groups in total. The summed E-state index contributed by atoms with van der Waals surface area (Å²) in [5, 5.41) is 12.7. The Hall–Kier alpha value is -4.00. The van der Waals surface area contributed by atoms with Crippen molar-refractivity contribution in [2.75, 3.05) is 5.32 Å². The van der Waals surface area contributed by atoms with Crippen LogP contribution < -0.4 is 10.7 Å². The van der Waals surface area contributed by atoms with Gasteiger partial charge < -0.3 is 15.0 Å². The zero-order chi connectivity index (χ0) is 19.5. The van der Waals surface area contributed by atoms with Crippen LogP contribution in [-0.2, 0) is 6.54 Å². The fraction of sp³-hybridized carbons (Fsp3) is 0.0476. The first-order valence-electron chi connectivity index (χ1n) is 8.62. The van der Waals surface area contributed by atoms with Crippen molar-refractivity contribution in [2.24, 2.45) is 0 Å². The molecule has 0 atom stereocenters. The molecule has 0 saturated carbocycles. The third-order valence-electron chi connectivity index (χ3n) is 4.30. The number of hydrogen-bond acceptors (Lipinski definition) is 5. The molecule has 0 amide bonds. The zero-order valence-electron chi connectivity index (χ0n) is 14.7. The van der Waals surface area contributed by atoms with Crippen molar-refractivity contribution in [1.82, 2.24) is 14.5 Å². The van der Waals surface area contributed by atoms with Crippen molar-refractivity contribution in [3.63, 3.8) is 0 Å². The number of hydrogen-bond donors (Lipinski definition) is 2. The maximum atomic E-state index is 12.5. The molecule has 0 aliphatic carbocycles. The predicted octanol–water partition coefficient (Wildman–Crippen LogP) is 3.09. The van der Waals surface area contributed by atoms with Crippen LogP contribution in [-0.4, -0.2) is 25.6 Å². The number of aromatic carboxylic acids is 1. The molecule has 7 nitrogen and oxygen atoms in total. The lowest BCUT2D eigenvalue weighted by Crippen LogP contribution is -2.19. The first-order valence-corrected chi connectivity index (χ1v) is 8.62. The quantitative estimate of drug-likeness (QED) is 0.559. The van der Waals surface area contributed by atoms with Crippen LogP contribution in [0.2, 0.25) is 0 Å². The minimum atomic E-state index is -1.29. The van der Waals surface area contributed by atoms with Gasteiger partial charge in [0.1, 0.15) is 5.56 Å². The number of carboxylic acids is 1. The highest BCUT2D eigenvalue weighted by Gasteiger charge is 2.17. The number of fused-ring (bicyclic) bond motifs is 1. The van der Waals surface area contributed by atoms with Gasteiger partial charge in [0, 0.05) is 24.6 Å². The molecule has 0 saturated heterocycles. The number of rotatable bonds is 5. The maximum Gasteiger partial charge on any atom is 0.341 e. The van der Waals surface area contributed by atoms with E-state index < -0.39 is 11.4 Å². The summed E-state index contributed by atoms with van der Waals surface area (Å²) in [6.07, 6.45) is 2.67. The number of aromatic nitrogens is 3. The van der Waals surface area contributed by atoms with Crippen LogP contribution >= 0.6 is 0 Å². The summed E-state index contributed by atoms with van der Waals surface area (Å²) < 4.78 is 1.59. The standard InChI is InChI=1S/C21H16N4O3/c26-18-16-12-23-21(22-11-14-7-3-1-4-8-14)24-19(16)25(13-17(18)20(27)28)15-9-5-2-6-10-15/h1-10,12-13H,11H2,(H,27,28)(H,22,23,24). The lowest BCUT2D eigenvalue weighted by Gasteiger charge is -2.12. The third-order valence-corrected chi connectivity index (χ3v) is 4.30. The maximum absolute atomic E-state index is 12.5. The number of anilines is 1. The largest absolute Gasteiger partial charge is 0.477 e. The van der Waals surface area contributed by atoms with Crippen LogP contribution in [0.1, 0.15) is 15.9 Å². The van der Waals surface area contributed by atoms with Gasteiger partial charge in [0.2, 0.25) is 11.4 Å². The van der Waals surface area contributed by atoms with Gasteiger partial charge in [0.15, 0.2) is 5.65 Å². The van der Waals surface area contributed by atoms with Crippen molar-refractivity contribution in [1.29, 1.82) is 0 Å². The van der Waals surface area contributed by atoms with Crippen LogP contribution in [0.25, 0.3) is 16.7 Å². The summed E-state index contributed by atoms with van der Waals surface area (Å²) in [6, 6.07) is 18.9. The number of carboxylic acid groups (broad SMARTS) is 1. The molecule has 0 spiro atoms. The van der Waals surface area contributed by atoms with Crippen molar-refractivity contribution in [2.45, 2.75) is 6.54 Å². The average molecular weight is 372 g/mol. The molecule has 0 aliphatic rings. The molecule has 2 aromatic heterocycles. The van der Waals surface area contributed by atoms with Crippen LogP contribution in [0.15, 0.2) is 77.9 Å². The predicted molar refractivity (Wildman–Crippen MR) is 106 cm³/mol. The van der Waals surface area contributed by atoms with Gasteiger partial charge in [-0.05, 0) is 17.7 Å². The van der Waals surface area contributed by atoms with E-state index in [0.29, 0.717) is 23.8 Å². The molecule has 7 heteroatoms. The van der Waals surface area contributed by atoms with Gasteiger partial charge in [-0.2, -0.15) is 4.98 Å². The number of pyridine rings is 1. The zero-order valence-corrected chi connectivity index (χ0v) is 14.7. The van der Waals surface area contributed by atoms with Gasteiger partial charge in [0.05, 0.1) is 5.39 Å². The number of nitrogens with one attached hydrogen (secondary N) is 1. The molecular weight excluding hydrogens is 356 g/mol. The molecule has 28 heavy (non-hydrogen) atoms. The van der Waals surface area contributed by atoms with Gasteiger partial charge in [0.25, 0.3) is 0 Å². The Bertz CT molecular complexity index is 1200. The number of benzene rings is 2. The van der Waals surface area contributed by atoms with Gasteiger partial charge in [-0.3, -0.25) is 4.79 Å². The van der Waals surface area contributed by atoms with E-state index in [9.17, 15) is 14.7 Å². The fourth-order valence-corrected chi connectivity index (χ4v) is 2.91. The Morgan fingerprint density at radius 1 is 1.04 bits per heavy atom. The summed E-state index contributed by atoms with van der Waals surface area (Å²) in [5.41, 5.74) is 1.16. The van der Waals surface area contributed by atoms with Crippen LogP contribution in [0.4, 0.5) is 5.95 Å². The molecule has 2 heterocycles. The molecule has 4 aromatic rings. The highest BCUT2D eigenvalue weighted by molar-refractivity contribution is 5.92. The average Bonchev–Trinajstić information content (AvgIpc) is 2.73. The second kappa shape index (κ2) is 7.32. The number of carbonyl (C=O) groups is 1. The summed E-state index contributed by atoms with van der Waals surface area (Å²) in [4.78, 5) is 32.7. The second-order valence-electron chi connectivity index (χ2n) is 6.15. The highest BCUT2D eigenvalue weighted by atomic mass is 16.4. The molecule has 0 radical (unpaired) electrons. The summed E-state index contributed by atoms with van der Waals surface area (Å²) in [7, 11) is 0.